The van der Waals surface area contributed by atoms with E-state index >= 15 is 0 Å². The summed E-state index contributed by atoms with van der Waals surface area (Å²) in [6.45, 7) is 3.49. The lowest BCUT2D eigenvalue weighted by atomic mass is 10.1. The topological polar surface area (TPSA) is 99.2 Å². The third-order valence-corrected chi connectivity index (χ3v) is 4.57. The minimum Gasteiger partial charge on any atom is -0.321 e. The Labute approximate surface area is 160 Å². The Morgan fingerprint density at radius 1 is 1.04 bits per heavy atom. The molecule has 2 aromatic carbocycles. The summed E-state index contributed by atoms with van der Waals surface area (Å²) in [6.07, 6.45) is 0. The van der Waals surface area contributed by atoms with Crippen LogP contribution in [0.25, 0.3) is 16.7 Å². The number of hydrogen-bond acceptors (Lipinski definition) is 5. The van der Waals surface area contributed by atoms with E-state index in [0.29, 0.717) is 28.6 Å². The smallest absolute Gasteiger partial charge is 0.273 e. The average Bonchev–Trinajstić information content (AvgIpc) is 3.12. The maximum Gasteiger partial charge on any atom is 0.273 e. The molecule has 0 saturated heterocycles. The zero-order valence-corrected chi connectivity index (χ0v) is 15.3. The van der Waals surface area contributed by atoms with Gasteiger partial charge in [-0.05, 0) is 38.1 Å². The Kier molecular flexibility index (Phi) is 4.30. The van der Waals surface area contributed by atoms with Gasteiger partial charge in [-0.1, -0.05) is 30.3 Å². The molecule has 4 aromatic rings. The summed E-state index contributed by atoms with van der Waals surface area (Å²) in [5.74, 6) is 0.357. The maximum absolute atomic E-state index is 12.8. The van der Waals surface area contributed by atoms with E-state index in [1.807, 2.05) is 60.7 Å². The molecule has 1 N–H and O–H groups in total. The van der Waals surface area contributed by atoms with Crippen molar-refractivity contribution >= 4 is 22.7 Å². The van der Waals surface area contributed by atoms with Crippen LogP contribution in [-0.2, 0) is 0 Å². The highest BCUT2D eigenvalue weighted by atomic mass is 16.1. The number of nitrogens with one attached hydrogen (secondary N) is 1. The number of hydrogen-bond donors (Lipinski definition) is 1. The van der Waals surface area contributed by atoms with E-state index in [-0.39, 0.29) is 11.1 Å². The molecule has 0 saturated carbocycles. The fraction of sp³-hybridized carbons (Fsp3) is 0.0952. The number of nitriles is 1. The lowest BCUT2D eigenvalue weighted by molar-refractivity contribution is 0.911. The number of benzene rings is 2. The van der Waals surface area contributed by atoms with E-state index in [4.69, 9.17) is 0 Å². The van der Waals surface area contributed by atoms with Crippen molar-refractivity contribution in [3.8, 4) is 11.8 Å². The number of pyridine rings is 1. The molecule has 0 aliphatic heterocycles. The number of fused-ring (bicyclic) bond motifs is 1. The largest absolute Gasteiger partial charge is 0.321 e. The van der Waals surface area contributed by atoms with Gasteiger partial charge in [-0.2, -0.15) is 5.26 Å². The zero-order valence-electron chi connectivity index (χ0n) is 15.3. The van der Waals surface area contributed by atoms with Crippen molar-refractivity contribution < 1.29 is 0 Å². The Morgan fingerprint density at radius 3 is 2.46 bits per heavy atom. The minimum absolute atomic E-state index is 0.0491. The van der Waals surface area contributed by atoms with Crippen molar-refractivity contribution in [3.05, 3.63) is 81.8 Å². The van der Waals surface area contributed by atoms with Crippen LogP contribution in [0.3, 0.4) is 0 Å². The summed E-state index contributed by atoms with van der Waals surface area (Å²) in [5.41, 5.74) is 3.57. The summed E-state index contributed by atoms with van der Waals surface area (Å²) in [6, 6.07) is 18.7. The van der Waals surface area contributed by atoms with Gasteiger partial charge >= 0.3 is 0 Å². The number of aromatic nitrogens is 3. The van der Waals surface area contributed by atoms with Gasteiger partial charge in [0.2, 0.25) is 5.95 Å². The van der Waals surface area contributed by atoms with Gasteiger partial charge in [0, 0.05) is 11.3 Å². The molecule has 0 aliphatic carbocycles. The van der Waals surface area contributed by atoms with Gasteiger partial charge in [0.05, 0.1) is 16.7 Å². The lowest BCUT2D eigenvalue weighted by Gasteiger charge is -2.14. The van der Waals surface area contributed by atoms with Crippen molar-refractivity contribution in [2.24, 2.45) is 10.2 Å². The molecule has 0 unspecified atom stereocenters. The average molecular weight is 368 g/mol. The van der Waals surface area contributed by atoms with Crippen LogP contribution in [0.5, 0.6) is 0 Å². The van der Waals surface area contributed by atoms with Gasteiger partial charge in [-0.15, -0.1) is 10.2 Å². The van der Waals surface area contributed by atoms with Gasteiger partial charge in [-0.3, -0.25) is 9.36 Å². The predicted octanol–water partition coefficient (Wildman–Crippen LogP) is 4.62. The van der Waals surface area contributed by atoms with Crippen LogP contribution in [0.2, 0.25) is 0 Å². The van der Waals surface area contributed by atoms with Crippen molar-refractivity contribution in [2.75, 3.05) is 0 Å². The fourth-order valence-electron chi connectivity index (χ4n) is 3.17. The standard InChI is InChI=1S/C21H16N6O/c1-13-16(12-22)20(28)27(15-8-4-3-5-9-15)14(2)19(13)25-26-21-23-17-10-6-7-11-18(17)24-21/h3-11H,1-2H3,(H,23,24). The summed E-state index contributed by atoms with van der Waals surface area (Å²) < 4.78 is 1.48. The van der Waals surface area contributed by atoms with Gasteiger partial charge in [0.1, 0.15) is 17.3 Å². The van der Waals surface area contributed by atoms with Crippen molar-refractivity contribution in [1.29, 1.82) is 5.26 Å². The normalized spacial score (nSPS) is 11.2. The molecule has 0 aliphatic rings. The molecule has 0 spiro atoms. The molecular weight excluding hydrogens is 352 g/mol. The molecule has 28 heavy (non-hydrogen) atoms. The molecule has 2 heterocycles. The Hall–Kier alpha value is -4.05. The molecule has 7 nitrogen and oxygen atoms in total. The minimum atomic E-state index is -0.369. The van der Waals surface area contributed by atoms with Gasteiger partial charge in [-0.25, -0.2) is 4.98 Å². The SMILES string of the molecule is Cc1c(N=Nc2nc3ccccc3[nH]2)c(C)n(-c2ccccc2)c(=O)c1C#N. The van der Waals surface area contributed by atoms with Crippen molar-refractivity contribution in [2.45, 2.75) is 13.8 Å². The summed E-state index contributed by atoms with van der Waals surface area (Å²) in [7, 11) is 0. The highest BCUT2D eigenvalue weighted by molar-refractivity contribution is 5.76. The highest BCUT2D eigenvalue weighted by Crippen LogP contribution is 2.28. The van der Waals surface area contributed by atoms with E-state index < -0.39 is 0 Å². The van der Waals surface area contributed by atoms with Crippen LogP contribution in [-0.4, -0.2) is 14.5 Å². The zero-order chi connectivity index (χ0) is 19.7. The molecular formula is C21H16N6O. The van der Waals surface area contributed by atoms with Crippen molar-refractivity contribution in [3.63, 3.8) is 0 Å². The van der Waals surface area contributed by atoms with Crippen LogP contribution in [0.4, 0.5) is 11.6 Å². The first kappa shape index (κ1) is 17.4. The molecule has 0 atom stereocenters. The number of aromatic amines is 1. The van der Waals surface area contributed by atoms with Crippen LogP contribution in [0.15, 0.2) is 69.6 Å². The van der Waals surface area contributed by atoms with Crippen LogP contribution in [0.1, 0.15) is 16.8 Å². The Morgan fingerprint density at radius 2 is 1.75 bits per heavy atom. The molecule has 0 fully saturated rings. The first-order valence-electron chi connectivity index (χ1n) is 8.68. The Balaban J connectivity index is 1.89. The number of imidazole rings is 1. The van der Waals surface area contributed by atoms with E-state index in [9.17, 15) is 10.1 Å². The third-order valence-electron chi connectivity index (χ3n) is 4.57. The quantitative estimate of drug-likeness (QED) is 0.534. The highest BCUT2D eigenvalue weighted by Gasteiger charge is 2.18. The second kappa shape index (κ2) is 6.93. The van der Waals surface area contributed by atoms with E-state index in [1.165, 1.54) is 4.57 Å². The van der Waals surface area contributed by atoms with Crippen LogP contribution in [0, 0.1) is 25.2 Å². The molecule has 0 bridgehead atoms. The molecule has 2 aromatic heterocycles. The molecule has 136 valence electrons. The first-order chi connectivity index (χ1) is 13.6. The van der Waals surface area contributed by atoms with Gasteiger partial charge < -0.3 is 4.98 Å². The summed E-state index contributed by atoms with van der Waals surface area (Å²) >= 11 is 0. The third kappa shape index (κ3) is 2.87. The first-order valence-corrected chi connectivity index (χ1v) is 8.68. The van der Waals surface area contributed by atoms with Crippen molar-refractivity contribution in [1.82, 2.24) is 14.5 Å². The number of H-pyrrole nitrogens is 1. The second-order valence-electron chi connectivity index (χ2n) is 6.30. The van der Waals surface area contributed by atoms with Crippen LogP contribution >= 0.6 is 0 Å². The number of azo groups is 1. The molecule has 4 rings (SSSR count). The van der Waals surface area contributed by atoms with E-state index in [0.717, 1.165) is 11.0 Å². The van der Waals surface area contributed by atoms with Crippen LogP contribution < -0.4 is 5.56 Å². The van der Waals surface area contributed by atoms with Gasteiger partial charge in [0.15, 0.2) is 0 Å². The van der Waals surface area contributed by atoms with E-state index in [1.54, 1.807) is 13.8 Å². The lowest BCUT2D eigenvalue weighted by Crippen LogP contribution is -2.24. The van der Waals surface area contributed by atoms with E-state index in [2.05, 4.69) is 20.2 Å². The predicted molar refractivity (Wildman–Crippen MR) is 106 cm³/mol. The maximum atomic E-state index is 12.8. The monoisotopic (exact) mass is 368 g/mol. The second-order valence-corrected chi connectivity index (χ2v) is 6.30. The number of nitrogens with zero attached hydrogens (tertiary/aromatic N) is 5. The fourth-order valence-corrected chi connectivity index (χ4v) is 3.17. The molecule has 0 amide bonds. The number of para-hydroxylation sites is 3. The van der Waals surface area contributed by atoms with Gasteiger partial charge in [0.25, 0.3) is 5.56 Å². The molecule has 0 radical (unpaired) electrons. The summed E-state index contributed by atoms with van der Waals surface area (Å²) in [4.78, 5) is 20.3. The Bertz CT molecular complexity index is 1280. The number of rotatable bonds is 3. The molecule has 7 heteroatoms. The summed E-state index contributed by atoms with van der Waals surface area (Å²) in [5, 5.41) is 18.0.